The zero-order chi connectivity index (χ0) is 16.9. The van der Waals surface area contributed by atoms with Crippen LogP contribution in [0.25, 0.3) is 0 Å². The average molecular weight is 357 g/mol. The molecule has 6 nitrogen and oxygen atoms in total. The quantitative estimate of drug-likeness (QED) is 0.795. The second-order valence-corrected chi connectivity index (χ2v) is 7.20. The Morgan fingerprint density at radius 1 is 1.30 bits per heavy atom. The fourth-order valence-electron chi connectivity index (χ4n) is 1.78. The Bertz CT molecular complexity index is 773. The Hall–Kier alpha value is -2.00. The summed E-state index contributed by atoms with van der Waals surface area (Å²) in [7, 11) is -3.80. The number of nitrogens with zero attached hydrogens (tertiary/aromatic N) is 1. The van der Waals surface area contributed by atoms with E-state index in [1.54, 1.807) is 5.38 Å². The zero-order valence-corrected chi connectivity index (χ0v) is 14.0. The van der Waals surface area contributed by atoms with Crippen molar-refractivity contribution in [3.05, 3.63) is 41.2 Å². The van der Waals surface area contributed by atoms with Gasteiger partial charge in [0.15, 0.2) is 5.13 Å². The van der Waals surface area contributed by atoms with Crippen molar-refractivity contribution < 1.29 is 17.6 Å². The summed E-state index contributed by atoms with van der Waals surface area (Å²) in [6.45, 7) is 2.40. The molecule has 2 rings (SSSR count). The predicted octanol–water partition coefficient (Wildman–Crippen LogP) is 2.15. The Morgan fingerprint density at radius 3 is 2.65 bits per heavy atom. The van der Waals surface area contributed by atoms with Crippen LogP contribution in [0, 0.1) is 5.82 Å². The molecule has 2 N–H and O–H groups in total. The van der Waals surface area contributed by atoms with Crippen LogP contribution in [0.5, 0.6) is 0 Å². The highest BCUT2D eigenvalue weighted by Gasteiger charge is 2.16. The van der Waals surface area contributed by atoms with E-state index >= 15 is 0 Å². The van der Waals surface area contributed by atoms with Gasteiger partial charge in [-0.25, -0.2) is 17.8 Å². The summed E-state index contributed by atoms with van der Waals surface area (Å²) in [5.74, 6) is -0.584. The molecule has 0 saturated heterocycles. The first-order valence-electron chi connectivity index (χ1n) is 6.90. The Morgan fingerprint density at radius 2 is 2.00 bits per heavy atom. The largest absolute Gasteiger partial charge is 0.356 e. The number of aryl methyl sites for hydroxylation is 1. The molecular formula is C14H16FN3O3S2. The van der Waals surface area contributed by atoms with Crippen LogP contribution in [0.4, 0.5) is 9.52 Å². The number of hydrogen-bond acceptors (Lipinski definition) is 5. The molecule has 0 bridgehead atoms. The number of nitrogens with one attached hydrogen (secondary N) is 2. The van der Waals surface area contributed by atoms with Gasteiger partial charge in [0.2, 0.25) is 5.91 Å². The topological polar surface area (TPSA) is 88.2 Å². The van der Waals surface area contributed by atoms with Crippen molar-refractivity contribution in [3.8, 4) is 0 Å². The van der Waals surface area contributed by atoms with Crippen LogP contribution in [-0.4, -0.2) is 25.9 Å². The first-order valence-corrected chi connectivity index (χ1v) is 9.26. The molecular weight excluding hydrogens is 341 g/mol. The maximum atomic E-state index is 12.9. The highest BCUT2D eigenvalue weighted by atomic mass is 32.2. The van der Waals surface area contributed by atoms with Crippen molar-refractivity contribution in [1.29, 1.82) is 0 Å². The van der Waals surface area contributed by atoms with Gasteiger partial charge in [-0.1, -0.05) is 0 Å². The van der Waals surface area contributed by atoms with Gasteiger partial charge >= 0.3 is 0 Å². The normalized spacial score (nSPS) is 11.2. The SMILES string of the molecule is CCNC(=O)CCc1csc(NS(=O)(=O)c2ccc(F)cc2)n1. The van der Waals surface area contributed by atoms with Crippen molar-refractivity contribution in [1.82, 2.24) is 10.3 Å². The van der Waals surface area contributed by atoms with E-state index in [2.05, 4.69) is 15.0 Å². The summed E-state index contributed by atoms with van der Waals surface area (Å²) in [5, 5.41) is 4.59. The molecule has 23 heavy (non-hydrogen) atoms. The number of benzene rings is 1. The molecule has 0 aliphatic heterocycles. The number of sulfonamides is 1. The Balaban J connectivity index is 2.00. The average Bonchev–Trinajstić information content (AvgIpc) is 2.93. The monoisotopic (exact) mass is 357 g/mol. The molecule has 0 unspecified atom stereocenters. The van der Waals surface area contributed by atoms with Gasteiger partial charge < -0.3 is 5.32 Å². The number of anilines is 1. The predicted molar refractivity (Wildman–Crippen MR) is 86.3 cm³/mol. The van der Waals surface area contributed by atoms with Crippen molar-refractivity contribution >= 4 is 32.4 Å². The second-order valence-electron chi connectivity index (χ2n) is 4.66. The van der Waals surface area contributed by atoms with Gasteiger partial charge in [-0.15, -0.1) is 11.3 Å². The van der Waals surface area contributed by atoms with Crippen molar-refractivity contribution in [3.63, 3.8) is 0 Å². The third-order valence-corrected chi connectivity index (χ3v) is 5.17. The lowest BCUT2D eigenvalue weighted by Crippen LogP contribution is -2.22. The van der Waals surface area contributed by atoms with Crippen LogP contribution >= 0.6 is 11.3 Å². The lowest BCUT2D eigenvalue weighted by molar-refractivity contribution is -0.120. The smallest absolute Gasteiger partial charge is 0.263 e. The summed E-state index contributed by atoms with van der Waals surface area (Å²) >= 11 is 1.13. The third kappa shape index (κ3) is 5.00. The molecule has 0 radical (unpaired) electrons. The molecule has 0 spiro atoms. The van der Waals surface area contributed by atoms with E-state index < -0.39 is 15.8 Å². The number of thiazole rings is 1. The van der Waals surface area contributed by atoms with E-state index in [9.17, 15) is 17.6 Å². The van der Waals surface area contributed by atoms with E-state index in [1.807, 2.05) is 6.92 Å². The van der Waals surface area contributed by atoms with Crippen LogP contribution < -0.4 is 10.0 Å². The van der Waals surface area contributed by atoms with Crippen LogP contribution in [0.2, 0.25) is 0 Å². The van der Waals surface area contributed by atoms with E-state index in [0.717, 1.165) is 23.5 Å². The van der Waals surface area contributed by atoms with E-state index in [1.165, 1.54) is 12.1 Å². The number of amides is 1. The number of hydrogen-bond donors (Lipinski definition) is 2. The summed E-state index contributed by atoms with van der Waals surface area (Å²) in [5.41, 5.74) is 0.637. The van der Waals surface area contributed by atoms with Crippen LogP contribution in [0.1, 0.15) is 19.0 Å². The fraction of sp³-hybridized carbons (Fsp3) is 0.286. The molecule has 2 aromatic rings. The van der Waals surface area contributed by atoms with Gasteiger partial charge in [-0.3, -0.25) is 9.52 Å². The first-order chi connectivity index (χ1) is 10.9. The minimum Gasteiger partial charge on any atom is -0.356 e. The minimum atomic E-state index is -3.80. The van der Waals surface area contributed by atoms with Crippen LogP contribution in [0.3, 0.4) is 0 Å². The molecule has 9 heteroatoms. The maximum Gasteiger partial charge on any atom is 0.263 e. The van der Waals surface area contributed by atoms with Gasteiger partial charge in [-0.2, -0.15) is 0 Å². The molecule has 0 aliphatic carbocycles. The number of aromatic nitrogens is 1. The summed E-state index contributed by atoms with van der Waals surface area (Å²) < 4.78 is 39.5. The number of carbonyl (C=O) groups excluding carboxylic acids is 1. The van der Waals surface area contributed by atoms with Gasteiger partial charge in [0.25, 0.3) is 10.0 Å². The van der Waals surface area contributed by atoms with Crippen LogP contribution in [0.15, 0.2) is 34.5 Å². The van der Waals surface area contributed by atoms with Crippen molar-refractivity contribution in [2.24, 2.45) is 0 Å². The van der Waals surface area contributed by atoms with Crippen molar-refractivity contribution in [2.45, 2.75) is 24.7 Å². The minimum absolute atomic E-state index is 0.0435. The van der Waals surface area contributed by atoms with Gasteiger partial charge in [0, 0.05) is 18.3 Å². The number of rotatable bonds is 7. The Labute approximate surface area is 137 Å². The van der Waals surface area contributed by atoms with Gasteiger partial charge in [-0.05, 0) is 37.6 Å². The highest BCUT2D eigenvalue weighted by molar-refractivity contribution is 7.93. The van der Waals surface area contributed by atoms with Gasteiger partial charge in [0.1, 0.15) is 5.82 Å². The summed E-state index contributed by atoms with van der Waals surface area (Å²) in [6.07, 6.45) is 0.725. The standard InChI is InChI=1S/C14H16FN3O3S2/c1-2-16-13(19)8-5-11-9-22-14(17-11)18-23(20,21)12-6-3-10(15)4-7-12/h3-4,6-7,9H,2,5,8H2,1H3,(H,16,19)(H,17,18). The third-order valence-electron chi connectivity index (χ3n) is 2.88. The summed E-state index contributed by atoms with van der Waals surface area (Å²) in [6, 6.07) is 4.52. The number of carbonyl (C=O) groups is 1. The van der Waals surface area contributed by atoms with E-state index in [-0.39, 0.29) is 15.9 Å². The van der Waals surface area contributed by atoms with Crippen molar-refractivity contribution in [2.75, 3.05) is 11.3 Å². The molecule has 1 aromatic carbocycles. The Kier molecular flexibility index (Phi) is 5.67. The molecule has 124 valence electrons. The molecule has 0 aliphatic rings. The molecule has 0 saturated carbocycles. The molecule has 0 fully saturated rings. The second kappa shape index (κ2) is 7.51. The van der Waals surface area contributed by atoms with E-state index in [4.69, 9.17) is 0 Å². The fourth-order valence-corrected chi connectivity index (χ4v) is 3.78. The highest BCUT2D eigenvalue weighted by Crippen LogP contribution is 2.21. The molecule has 1 amide bonds. The molecule has 1 heterocycles. The zero-order valence-electron chi connectivity index (χ0n) is 12.4. The lowest BCUT2D eigenvalue weighted by atomic mass is 10.2. The van der Waals surface area contributed by atoms with Gasteiger partial charge in [0.05, 0.1) is 10.6 Å². The molecule has 0 atom stereocenters. The number of halogens is 1. The van der Waals surface area contributed by atoms with E-state index in [0.29, 0.717) is 25.1 Å². The summed E-state index contributed by atoms with van der Waals surface area (Å²) in [4.78, 5) is 15.5. The molecule has 1 aromatic heterocycles. The maximum absolute atomic E-state index is 12.9. The lowest BCUT2D eigenvalue weighted by Gasteiger charge is -2.04. The first kappa shape index (κ1) is 17.4. The van der Waals surface area contributed by atoms with Crippen LogP contribution in [-0.2, 0) is 21.2 Å².